The first-order valence-electron chi connectivity index (χ1n) is 7.80. The molecule has 3 aromatic rings. The second kappa shape index (κ2) is 8.83. The molecule has 3 rings (SSSR count). The Balaban J connectivity index is 0.00000280. The third kappa shape index (κ3) is 4.86. The predicted molar refractivity (Wildman–Crippen MR) is 97.8 cm³/mol. The molecule has 0 saturated carbocycles. The highest BCUT2D eigenvalue weighted by Gasteiger charge is 2.33. The summed E-state index contributed by atoms with van der Waals surface area (Å²) in [5, 5.41) is 2.80. The van der Waals surface area contributed by atoms with Crippen molar-refractivity contribution in [3.05, 3.63) is 65.7 Å². The van der Waals surface area contributed by atoms with E-state index in [9.17, 15) is 17.6 Å². The zero-order chi connectivity index (χ0) is 19.4. The fourth-order valence-corrected chi connectivity index (χ4v) is 2.41. The molecule has 28 heavy (non-hydrogen) atoms. The van der Waals surface area contributed by atoms with E-state index >= 15 is 0 Å². The molecule has 0 radical (unpaired) electrons. The molecule has 5 nitrogen and oxygen atoms in total. The fourth-order valence-electron chi connectivity index (χ4n) is 2.41. The van der Waals surface area contributed by atoms with E-state index in [0.29, 0.717) is 11.8 Å². The second-order valence-electron chi connectivity index (χ2n) is 5.48. The van der Waals surface area contributed by atoms with Crippen LogP contribution >= 0.6 is 12.4 Å². The van der Waals surface area contributed by atoms with E-state index in [-0.39, 0.29) is 41.9 Å². The zero-order valence-electron chi connectivity index (χ0n) is 14.5. The molecule has 1 N–H and O–H groups in total. The number of hydrogen-bond acceptors (Lipinski definition) is 5. The van der Waals surface area contributed by atoms with Crippen molar-refractivity contribution in [3.8, 4) is 17.3 Å². The number of anilines is 1. The number of nitrogens with one attached hydrogen (secondary N) is 1. The Bertz CT molecular complexity index is 939. The summed E-state index contributed by atoms with van der Waals surface area (Å²) in [4.78, 5) is 12.5. The third-order valence-corrected chi connectivity index (χ3v) is 3.69. The maximum atomic E-state index is 13.2. The number of ether oxygens (including phenoxy) is 1. The zero-order valence-corrected chi connectivity index (χ0v) is 15.3. The van der Waals surface area contributed by atoms with E-state index in [4.69, 9.17) is 4.74 Å². The summed E-state index contributed by atoms with van der Waals surface area (Å²) >= 11 is 0. The number of hydrogen-bond donors (Lipinski definition) is 1. The molecule has 0 fully saturated rings. The van der Waals surface area contributed by atoms with Crippen LogP contribution in [0.1, 0.15) is 11.1 Å². The molecule has 0 bridgehead atoms. The van der Waals surface area contributed by atoms with Crippen LogP contribution in [0.2, 0.25) is 0 Å². The van der Waals surface area contributed by atoms with Crippen molar-refractivity contribution in [2.24, 2.45) is 0 Å². The van der Waals surface area contributed by atoms with Gasteiger partial charge in [0.25, 0.3) is 0 Å². The van der Waals surface area contributed by atoms with Gasteiger partial charge in [0, 0.05) is 12.7 Å². The Morgan fingerprint density at radius 2 is 1.89 bits per heavy atom. The average molecular weight is 415 g/mol. The molecule has 0 unspecified atom stereocenters. The normalized spacial score (nSPS) is 10.9. The topological polar surface area (TPSA) is 59.9 Å². The van der Waals surface area contributed by atoms with Crippen molar-refractivity contribution in [1.29, 1.82) is 0 Å². The van der Waals surface area contributed by atoms with E-state index < -0.39 is 17.6 Å². The average Bonchev–Trinajstić information content (AvgIpc) is 2.66. The molecular weight excluding hydrogens is 400 g/mol. The van der Waals surface area contributed by atoms with Crippen molar-refractivity contribution in [2.45, 2.75) is 12.7 Å². The van der Waals surface area contributed by atoms with Gasteiger partial charge in [0.15, 0.2) is 17.4 Å². The number of aromatic nitrogens is 3. The number of benzene rings is 1. The van der Waals surface area contributed by atoms with E-state index in [1.165, 1.54) is 13.3 Å². The molecule has 1 aromatic carbocycles. The van der Waals surface area contributed by atoms with Crippen molar-refractivity contribution in [2.75, 3.05) is 12.4 Å². The quantitative estimate of drug-likeness (QED) is 0.611. The number of alkyl halides is 3. The van der Waals surface area contributed by atoms with Gasteiger partial charge in [-0.2, -0.15) is 13.2 Å². The van der Waals surface area contributed by atoms with Crippen LogP contribution in [0, 0.1) is 5.82 Å². The Hall–Kier alpha value is -2.94. The molecule has 0 spiro atoms. The van der Waals surface area contributed by atoms with Crippen molar-refractivity contribution >= 4 is 18.2 Å². The molecule has 0 saturated heterocycles. The molecule has 0 amide bonds. The van der Waals surface area contributed by atoms with Gasteiger partial charge in [-0.05, 0) is 29.8 Å². The first-order chi connectivity index (χ1) is 12.9. The van der Waals surface area contributed by atoms with Crippen LogP contribution in [0.15, 0.2) is 48.8 Å². The summed E-state index contributed by atoms with van der Waals surface area (Å²) in [7, 11) is 1.39. The third-order valence-electron chi connectivity index (χ3n) is 3.69. The van der Waals surface area contributed by atoms with Gasteiger partial charge in [0.2, 0.25) is 0 Å². The van der Waals surface area contributed by atoms with E-state index in [1.54, 1.807) is 24.4 Å². The number of halogens is 5. The highest BCUT2D eigenvalue weighted by Crippen LogP contribution is 2.33. The summed E-state index contributed by atoms with van der Waals surface area (Å²) in [5.41, 5.74) is -0.669. The van der Waals surface area contributed by atoms with Gasteiger partial charge in [0.05, 0.1) is 18.9 Å². The Morgan fingerprint density at radius 1 is 1.11 bits per heavy atom. The van der Waals surface area contributed by atoms with Crippen LogP contribution in [0.3, 0.4) is 0 Å². The van der Waals surface area contributed by atoms with Gasteiger partial charge in [0.1, 0.15) is 11.5 Å². The van der Waals surface area contributed by atoms with Gasteiger partial charge in [-0.1, -0.05) is 12.1 Å². The SMILES string of the molecule is COc1cnc(-c2ccccn2)nc1NCc1ccc(F)cc1C(F)(F)F.Cl. The van der Waals surface area contributed by atoms with Crippen LogP contribution in [0.25, 0.3) is 11.5 Å². The highest BCUT2D eigenvalue weighted by molar-refractivity contribution is 5.85. The summed E-state index contributed by atoms with van der Waals surface area (Å²) in [6.07, 6.45) is -1.70. The van der Waals surface area contributed by atoms with Crippen LogP contribution in [-0.2, 0) is 12.7 Å². The van der Waals surface area contributed by atoms with E-state index in [1.807, 2.05) is 0 Å². The summed E-state index contributed by atoms with van der Waals surface area (Å²) < 4.78 is 57.8. The lowest BCUT2D eigenvalue weighted by molar-refractivity contribution is -0.138. The number of pyridine rings is 1. The Kier molecular flexibility index (Phi) is 6.74. The first-order valence-corrected chi connectivity index (χ1v) is 7.80. The summed E-state index contributed by atoms with van der Waals surface area (Å²) in [6.45, 7) is -0.232. The number of methoxy groups -OCH3 is 1. The number of nitrogens with zero attached hydrogens (tertiary/aromatic N) is 3. The number of rotatable bonds is 5. The largest absolute Gasteiger partial charge is 0.491 e. The second-order valence-corrected chi connectivity index (χ2v) is 5.48. The molecule has 148 valence electrons. The lowest BCUT2D eigenvalue weighted by Crippen LogP contribution is -2.13. The van der Waals surface area contributed by atoms with Crippen LogP contribution in [0.5, 0.6) is 5.75 Å². The van der Waals surface area contributed by atoms with Crippen LogP contribution in [-0.4, -0.2) is 22.1 Å². The molecular formula is C18H15ClF4N4O. The maximum absolute atomic E-state index is 13.2. The molecule has 0 aliphatic heterocycles. The minimum atomic E-state index is -4.67. The van der Waals surface area contributed by atoms with Crippen molar-refractivity contribution in [1.82, 2.24) is 15.0 Å². The molecule has 2 heterocycles. The first kappa shape index (κ1) is 21.4. The fraction of sp³-hybridized carbons (Fsp3) is 0.167. The lowest BCUT2D eigenvalue weighted by atomic mass is 10.1. The van der Waals surface area contributed by atoms with Crippen molar-refractivity contribution < 1.29 is 22.3 Å². The smallest absolute Gasteiger partial charge is 0.416 e. The van der Waals surface area contributed by atoms with Gasteiger partial charge >= 0.3 is 6.18 Å². The van der Waals surface area contributed by atoms with E-state index in [2.05, 4.69) is 20.3 Å². The molecule has 2 aromatic heterocycles. The molecule has 0 atom stereocenters. The standard InChI is InChI=1S/C18H14F4N4O.ClH/c1-27-15-10-25-16(14-4-2-3-7-23-14)26-17(15)24-9-11-5-6-12(19)8-13(11)18(20,21)22;/h2-8,10H,9H2,1H3,(H,24,25,26);1H. The molecule has 10 heteroatoms. The Morgan fingerprint density at radius 3 is 2.54 bits per heavy atom. The van der Waals surface area contributed by atoms with E-state index in [0.717, 1.165) is 12.1 Å². The van der Waals surface area contributed by atoms with Gasteiger partial charge in [-0.25, -0.2) is 14.4 Å². The van der Waals surface area contributed by atoms with Crippen molar-refractivity contribution in [3.63, 3.8) is 0 Å². The molecule has 0 aliphatic rings. The van der Waals surface area contributed by atoms with Gasteiger partial charge < -0.3 is 10.1 Å². The highest BCUT2D eigenvalue weighted by atomic mass is 35.5. The molecule has 0 aliphatic carbocycles. The van der Waals surface area contributed by atoms with Gasteiger partial charge in [-0.3, -0.25) is 4.98 Å². The Labute approximate surface area is 164 Å². The van der Waals surface area contributed by atoms with Crippen LogP contribution in [0.4, 0.5) is 23.4 Å². The summed E-state index contributed by atoms with van der Waals surface area (Å²) in [6, 6.07) is 7.72. The monoisotopic (exact) mass is 414 g/mol. The van der Waals surface area contributed by atoms with Crippen LogP contribution < -0.4 is 10.1 Å². The van der Waals surface area contributed by atoms with Gasteiger partial charge in [-0.15, -0.1) is 12.4 Å². The maximum Gasteiger partial charge on any atom is 0.416 e. The minimum Gasteiger partial charge on any atom is -0.491 e. The predicted octanol–water partition coefficient (Wildman–Crippen LogP) is 4.74. The summed E-state index contributed by atoms with van der Waals surface area (Å²) in [5.74, 6) is -0.215. The lowest BCUT2D eigenvalue weighted by Gasteiger charge is -2.15. The minimum absolute atomic E-state index is 0.